The van der Waals surface area contributed by atoms with Crippen molar-refractivity contribution >= 4 is 16.8 Å². The maximum atomic E-state index is 5.80. The van der Waals surface area contributed by atoms with Crippen molar-refractivity contribution in [3.8, 4) is 0 Å². The van der Waals surface area contributed by atoms with Crippen molar-refractivity contribution in [3.63, 3.8) is 0 Å². The molecule has 108 valence electrons. The number of hydrogen-bond donors (Lipinski definition) is 1. The van der Waals surface area contributed by atoms with Gasteiger partial charge in [-0.1, -0.05) is 6.92 Å². The fourth-order valence-corrected chi connectivity index (χ4v) is 3.10. The Morgan fingerprint density at radius 3 is 2.90 bits per heavy atom. The zero-order valence-corrected chi connectivity index (χ0v) is 12.3. The number of likely N-dealkylation sites (N-methyl/N-ethyl adjacent to an activating group) is 1. The van der Waals surface area contributed by atoms with Crippen LogP contribution in [-0.4, -0.2) is 48.0 Å². The van der Waals surface area contributed by atoms with Crippen LogP contribution in [0.15, 0.2) is 22.6 Å². The third-order valence-corrected chi connectivity index (χ3v) is 4.13. The van der Waals surface area contributed by atoms with Crippen molar-refractivity contribution in [1.82, 2.24) is 14.8 Å². The van der Waals surface area contributed by atoms with Gasteiger partial charge in [0.1, 0.15) is 5.52 Å². The lowest BCUT2D eigenvalue weighted by Crippen LogP contribution is -2.34. The highest BCUT2D eigenvalue weighted by molar-refractivity contribution is 5.76. The minimum absolute atomic E-state index is 0.607. The van der Waals surface area contributed by atoms with Crippen molar-refractivity contribution in [2.75, 3.05) is 32.9 Å². The highest BCUT2D eigenvalue weighted by atomic mass is 16.3. The molecule has 0 amide bonds. The molecule has 1 aromatic heterocycles. The standard InChI is InChI=1S/C15H22N4O/c1-10-7-19(8-13(10)18(2)3)9-15-17-12-5-4-11(16)6-14(12)20-15/h4-6,10,13H,7-9,16H2,1-3H3. The van der Waals surface area contributed by atoms with Crippen LogP contribution < -0.4 is 5.73 Å². The first kappa shape index (κ1) is 13.4. The molecule has 0 saturated carbocycles. The van der Waals surface area contributed by atoms with E-state index in [0.29, 0.717) is 17.6 Å². The summed E-state index contributed by atoms with van der Waals surface area (Å²) in [5, 5.41) is 0. The summed E-state index contributed by atoms with van der Waals surface area (Å²) in [6.07, 6.45) is 0. The molecule has 2 heterocycles. The molecule has 2 unspecified atom stereocenters. The summed E-state index contributed by atoms with van der Waals surface area (Å²) >= 11 is 0. The smallest absolute Gasteiger partial charge is 0.209 e. The zero-order valence-electron chi connectivity index (χ0n) is 12.3. The minimum atomic E-state index is 0.607. The molecule has 5 nitrogen and oxygen atoms in total. The fraction of sp³-hybridized carbons (Fsp3) is 0.533. The van der Waals surface area contributed by atoms with Gasteiger partial charge in [0.25, 0.3) is 0 Å². The number of nitrogens with two attached hydrogens (primary N) is 1. The van der Waals surface area contributed by atoms with Gasteiger partial charge in [-0.25, -0.2) is 4.98 Å². The third-order valence-electron chi connectivity index (χ3n) is 4.13. The Bertz CT molecular complexity index is 607. The molecule has 5 heteroatoms. The van der Waals surface area contributed by atoms with Crippen molar-refractivity contribution in [2.24, 2.45) is 5.92 Å². The highest BCUT2D eigenvalue weighted by Crippen LogP contribution is 2.24. The molecule has 0 spiro atoms. The summed E-state index contributed by atoms with van der Waals surface area (Å²) in [4.78, 5) is 9.24. The lowest BCUT2D eigenvalue weighted by atomic mass is 10.1. The van der Waals surface area contributed by atoms with Gasteiger partial charge < -0.3 is 15.1 Å². The number of benzene rings is 1. The number of likely N-dealkylation sites (tertiary alicyclic amines) is 1. The first-order valence-corrected chi connectivity index (χ1v) is 7.06. The van der Waals surface area contributed by atoms with Gasteiger partial charge in [-0.2, -0.15) is 0 Å². The normalized spacial score (nSPS) is 24.0. The topological polar surface area (TPSA) is 58.5 Å². The molecular weight excluding hydrogens is 252 g/mol. The summed E-state index contributed by atoms with van der Waals surface area (Å²) in [6.45, 7) is 5.22. The Balaban J connectivity index is 1.74. The maximum absolute atomic E-state index is 5.80. The average Bonchev–Trinajstić information content (AvgIpc) is 2.92. The minimum Gasteiger partial charge on any atom is -0.439 e. The Kier molecular flexibility index (Phi) is 3.40. The van der Waals surface area contributed by atoms with Gasteiger partial charge in [0, 0.05) is 30.9 Å². The van der Waals surface area contributed by atoms with Crippen molar-refractivity contribution in [3.05, 3.63) is 24.1 Å². The summed E-state index contributed by atoms with van der Waals surface area (Å²) in [7, 11) is 4.29. The predicted molar refractivity (Wildman–Crippen MR) is 80.3 cm³/mol. The summed E-state index contributed by atoms with van der Waals surface area (Å²) in [5.41, 5.74) is 8.13. The molecule has 2 N–H and O–H groups in total. The molecule has 1 aliphatic rings. The predicted octanol–water partition coefficient (Wildman–Crippen LogP) is 1.79. The van der Waals surface area contributed by atoms with E-state index in [1.54, 1.807) is 0 Å². The van der Waals surface area contributed by atoms with Gasteiger partial charge in [0.15, 0.2) is 5.58 Å². The number of rotatable bonds is 3. The average molecular weight is 274 g/mol. The van der Waals surface area contributed by atoms with E-state index in [4.69, 9.17) is 10.2 Å². The number of nitrogens with zero attached hydrogens (tertiary/aromatic N) is 3. The third kappa shape index (κ3) is 2.51. The monoisotopic (exact) mass is 274 g/mol. The van der Waals surface area contributed by atoms with Gasteiger partial charge in [-0.3, -0.25) is 4.90 Å². The van der Waals surface area contributed by atoms with Crippen LogP contribution in [0, 0.1) is 5.92 Å². The Labute approximate surface area is 119 Å². The number of aromatic nitrogens is 1. The Morgan fingerprint density at radius 1 is 1.40 bits per heavy atom. The number of hydrogen-bond acceptors (Lipinski definition) is 5. The van der Waals surface area contributed by atoms with Crippen LogP contribution in [0.1, 0.15) is 12.8 Å². The quantitative estimate of drug-likeness (QED) is 0.865. The molecule has 2 atom stereocenters. The van der Waals surface area contributed by atoms with E-state index in [1.165, 1.54) is 0 Å². The van der Waals surface area contributed by atoms with Crippen molar-refractivity contribution in [1.29, 1.82) is 0 Å². The van der Waals surface area contributed by atoms with E-state index in [9.17, 15) is 0 Å². The van der Waals surface area contributed by atoms with Gasteiger partial charge in [0.05, 0.1) is 6.54 Å². The van der Waals surface area contributed by atoms with Crippen molar-refractivity contribution < 1.29 is 4.42 Å². The number of nitrogen functional groups attached to an aromatic ring is 1. The molecule has 0 radical (unpaired) electrons. The molecule has 20 heavy (non-hydrogen) atoms. The van der Waals surface area contributed by atoms with E-state index in [0.717, 1.165) is 36.6 Å². The van der Waals surface area contributed by atoms with Crippen LogP contribution in [0.25, 0.3) is 11.1 Å². The maximum Gasteiger partial charge on any atom is 0.209 e. The number of anilines is 1. The SMILES string of the molecule is CC1CN(Cc2nc3ccc(N)cc3o2)CC1N(C)C. The molecule has 1 aromatic carbocycles. The lowest BCUT2D eigenvalue weighted by molar-refractivity contribution is 0.243. The second-order valence-corrected chi connectivity index (χ2v) is 6.04. The molecule has 1 aliphatic heterocycles. The number of oxazole rings is 1. The molecule has 3 rings (SSSR count). The first-order chi connectivity index (χ1) is 9.52. The van der Waals surface area contributed by atoms with Gasteiger partial charge >= 0.3 is 0 Å². The van der Waals surface area contributed by atoms with Gasteiger partial charge in [-0.15, -0.1) is 0 Å². The Morgan fingerprint density at radius 2 is 2.20 bits per heavy atom. The van der Waals surface area contributed by atoms with E-state index in [1.807, 2.05) is 18.2 Å². The zero-order chi connectivity index (χ0) is 14.3. The highest BCUT2D eigenvalue weighted by Gasteiger charge is 2.31. The van der Waals surface area contributed by atoms with Crippen LogP contribution in [0.2, 0.25) is 0 Å². The molecule has 1 fully saturated rings. The summed E-state index contributed by atoms with van der Waals surface area (Å²) in [5.74, 6) is 1.45. The van der Waals surface area contributed by atoms with Crippen LogP contribution in [0.3, 0.4) is 0 Å². The molecule has 0 bridgehead atoms. The summed E-state index contributed by atoms with van der Waals surface area (Å²) in [6, 6.07) is 6.21. The van der Waals surface area contributed by atoms with Crippen LogP contribution in [-0.2, 0) is 6.54 Å². The molecule has 2 aromatic rings. The fourth-order valence-electron chi connectivity index (χ4n) is 3.10. The molecular formula is C15H22N4O. The van der Waals surface area contributed by atoms with Crippen LogP contribution >= 0.6 is 0 Å². The second-order valence-electron chi connectivity index (χ2n) is 6.04. The van der Waals surface area contributed by atoms with Gasteiger partial charge in [0.2, 0.25) is 5.89 Å². The van der Waals surface area contributed by atoms with Crippen LogP contribution in [0.5, 0.6) is 0 Å². The largest absolute Gasteiger partial charge is 0.439 e. The molecule has 1 saturated heterocycles. The van der Waals surface area contributed by atoms with E-state index in [-0.39, 0.29) is 0 Å². The first-order valence-electron chi connectivity index (χ1n) is 7.06. The van der Waals surface area contributed by atoms with Gasteiger partial charge in [-0.05, 0) is 32.1 Å². The van der Waals surface area contributed by atoms with Crippen molar-refractivity contribution in [2.45, 2.75) is 19.5 Å². The van der Waals surface area contributed by atoms with E-state index in [2.05, 4.69) is 35.8 Å². The van der Waals surface area contributed by atoms with E-state index >= 15 is 0 Å². The van der Waals surface area contributed by atoms with E-state index < -0.39 is 0 Å². The molecule has 0 aliphatic carbocycles. The summed E-state index contributed by atoms with van der Waals surface area (Å²) < 4.78 is 5.80. The number of fused-ring (bicyclic) bond motifs is 1. The van der Waals surface area contributed by atoms with Crippen LogP contribution in [0.4, 0.5) is 5.69 Å². The lowest BCUT2D eigenvalue weighted by Gasteiger charge is -2.22. The Hall–Kier alpha value is -1.59. The second kappa shape index (κ2) is 5.07.